The van der Waals surface area contributed by atoms with Crippen LogP contribution in [0.2, 0.25) is 5.02 Å². The number of rotatable bonds is 6. The van der Waals surface area contributed by atoms with Crippen LogP contribution in [0, 0.1) is 6.92 Å². The molecule has 0 aliphatic heterocycles. The highest BCUT2D eigenvalue weighted by molar-refractivity contribution is 6.31. The summed E-state index contributed by atoms with van der Waals surface area (Å²) in [6, 6.07) is 5.69. The molecule has 0 bridgehead atoms. The molecule has 0 radical (unpaired) electrons. The minimum atomic E-state index is -0.0345. The van der Waals surface area contributed by atoms with Crippen molar-refractivity contribution < 1.29 is 10.2 Å². The van der Waals surface area contributed by atoms with E-state index in [2.05, 4.69) is 15.1 Å². The van der Waals surface area contributed by atoms with Gasteiger partial charge in [-0.1, -0.05) is 17.7 Å². The summed E-state index contributed by atoms with van der Waals surface area (Å²) in [5.41, 5.74) is 2.44. The number of aliphatic hydroxyl groups excluding tert-OH is 2. The monoisotopic (exact) mass is 347 g/mol. The quantitative estimate of drug-likeness (QED) is 0.703. The Kier molecular flexibility index (Phi) is 4.94. The Morgan fingerprint density at radius 1 is 1.17 bits per heavy atom. The Labute approximate surface area is 144 Å². The van der Waals surface area contributed by atoms with Crippen LogP contribution in [0.1, 0.15) is 5.56 Å². The van der Waals surface area contributed by atoms with Crippen LogP contribution in [-0.2, 0) is 0 Å². The Balaban J connectivity index is 2.10. The van der Waals surface area contributed by atoms with Crippen molar-refractivity contribution in [1.29, 1.82) is 0 Å². The van der Waals surface area contributed by atoms with Crippen molar-refractivity contribution in [3.05, 3.63) is 41.3 Å². The topological polar surface area (TPSA) is 87.3 Å². The van der Waals surface area contributed by atoms with Crippen LogP contribution in [0.3, 0.4) is 0 Å². The van der Waals surface area contributed by atoms with E-state index in [9.17, 15) is 10.2 Å². The van der Waals surface area contributed by atoms with Crippen molar-refractivity contribution in [3.63, 3.8) is 0 Å². The number of halogens is 1. The maximum absolute atomic E-state index is 9.23. The van der Waals surface area contributed by atoms with Gasteiger partial charge in [-0.25, -0.2) is 14.6 Å². The first-order chi connectivity index (χ1) is 11.7. The van der Waals surface area contributed by atoms with E-state index in [0.717, 1.165) is 16.6 Å². The standard InChI is InChI=1S/C16H18ClN5O2/c1-11-2-3-12(8-14(11)17)22-16-13(9-20-22)15(18-10-19-16)21(4-6-23)5-7-24/h2-3,8-10,23-24H,4-7H2,1H3. The van der Waals surface area contributed by atoms with Crippen molar-refractivity contribution in [2.75, 3.05) is 31.2 Å². The van der Waals surface area contributed by atoms with Crippen LogP contribution < -0.4 is 4.90 Å². The number of aryl methyl sites for hydroxylation is 1. The number of aromatic nitrogens is 4. The molecule has 0 amide bonds. The zero-order chi connectivity index (χ0) is 17.1. The summed E-state index contributed by atoms with van der Waals surface area (Å²) in [6.45, 7) is 2.61. The molecule has 24 heavy (non-hydrogen) atoms. The molecule has 8 heteroatoms. The van der Waals surface area contributed by atoms with Crippen LogP contribution in [0.15, 0.2) is 30.7 Å². The van der Waals surface area contributed by atoms with Gasteiger partial charge < -0.3 is 15.1 Å². The SMILES string of the molecule is Cc1ccc(-n2ncc3c(N(CCO)CCO)ncnc32)cc1Cl. The van der Waals surface area contributed by atoms with Crippen molar-refractivity contribution in [1.82, 2.24) is 19.7 Å². The molecule has 0 saturated carbocycles. The maximum atomic E-state index is 9.23. The van der Waals surface area contributed by atoms with Crippen molar-refractivity contribution >= 4 is 28.5 Å². The van der Waals surface area contributed by atoms with Gasteiger partial charge in [0.2, 0.25) is 0 Å². The minimum absolute atomic E-state index is 0.0345. The molecular weight excluding hydrogens is 330 g/mol. The number of hydrogen-bond donors (Lipinski definition) is 2. The van der Waals surface area contributed by atoms with Crippen molar-refractivity contribution in [3.8, 4) is 5.69 Å². The highest BCUT2D eigenvalue weighted by atomic mass is 35.5. The Bertz CT molecular complexity index is 846. The van der Waals surface area contributed by atoms with Gasteiger partial charge in [-0.2, -0.15) is 5.10 Å². The van der Waals surface area contributed by atoms with E-state index < -0.39 is 0 Å². The van der Waals surface area contributed by atoms with Gasteiger partial charge in [0.25, 0.3) is 0 Å². The van der Waals surface area contributed by atoms with E-state index in [1.807, 2.05) is 25.1 Å². The molecule has 0 spiro atoms. The van der Waals surface area contributed by atoms with E-state index >= 15 is 0 Å². The predicted molar refractivity (Wildman–Crippen MR) is 92.8 cm³/mol. The first kappa shape index (κ1) is 16.6. The number of anilines is 1. The molecule has 3 aromatic rings. The van der Waals surface area contributed by atoms with Gasteiger partial charge in [0, 0.05) is 18.1 Å². The van der Waals surface area contributed by atoms with Crippen molar-refractivity contribution in [2.24, 2.45) is 0 Å². The highest BCUT2D eigenvalue weighted by Gasteiger charge is 2.16. The molecular formula is C16H18ClN5O2. The third-order valence-corrected chi connectivity index (χ3v) is 4.19. The lowest BCUT2D eigenvalue weighted by atomic mass is 10.2. The van der Waals surface area contributed by atoms with Crippen LogP contribution in [-0.4, -0.2) is 56.3 Å². The lowest BCUT2D eigenvalue weighted by molar-refractivity contribution is 0.281. The summed E-state index contributed by atoms with van der Waals surface area (Å²) in [6.07, 6.45) is 3.13. The van der Waals surface area contributed by atoms with E-state index in [4.69, 9.17) is 11.6 Å². The highest BCUT2D eigenvalue weighted by Crippen LogP contribution is 2.26. The second-order valence-electron chi connectivity index (χ2n) is 5.36. The summed E-state index contributed by atoms with van der Waals surface area (Å²) in [4.78, 5) is 10.4. The fraction of sp³-hybridized carbons (Fsp3) is 0.312. The molecule has 126 valence electrons. The molecule has 2 aromatic heterocycles. The largest absolute Gasteiger partial charge is 0.395 e. The van der Waals surface area contributed by atoms with E-state index in [-0.39, 0.29) is 13.2 Å². The number of benzene rings is 1. The summed E-state index contributed by atoms with van der Waals surface area (Å²) < 4.78 is 1.70. The van der Waals surface area contributed by atoms with Gasteiger partial charge in [-0.3, -0.25) is 0 Å². The third kappa shape index (κ3) is 3.06. The Morgan fingerprint density at radius 3 is 2.58 bits per heavy atom. The van der Waals surface area contributed by atoms with E-state index in [1.165, 1.54) is 6.33 Å². The molecule has 0 aliphatic rings. The molecule has 1 aromatic carbocycles. The number of fused-ring (bicyclic) bond motifs is 1. The first-order valence-corrected chi connectivity index (χ1v) is 7.95. The number of nitrogens with zero attached hydrogens (tertiary/aromatic N) is 5. The molecule has 0 fully saturated rings. The van der Waals surface area contributed by atoms with E-state index in [1.54, 1.807) is 15.8 Å². The van der Waals surface area contributed by atoms with Crippen LogP contribution in [0.5, 0.6) is 0 Å². The number of aliphatic hydroxyl groups is 2. The first-order valence-electron chi connectivity index (χ1n) is 7.57. The van der Waals surface area contributed by atoms with Crippen LogP contribution in [0.4, 0.5) is 5.82 Å². The van der Waals surface area contributed by atoms with Crippen LogP contribution in [0.25, 0.3) is 16.7 Å². The van der Waals surface area contributed by atoms with Gasteiger partial charge in [-0.15, -0.1) is 0 Å². The molecule has 2 N–H and O–H groups in total. The summed E-state index contributed by atoms with van der Waals surface area (Å²) in [7, 11) is 0. The summed E-state index contributed by atoms with van der Waals surface area (Å²) in [5, 5.41) is 24.3. The average Bonchev–Trinajstić information content (AvgIpc) is 3.01. The normalized spacial score (nSPS) is 11.2. The Morgan fingerprint density at radius 2 is 1.92 bits per heavy atom. The lowest BCUT2D eigenvalue weighted by Gasteiger charge is -2.21. The minimum Gasteiger partial charge on any atom is -0.395 e. The second-order valence-corrected chi connectivity index (χ2v) is 5.77. The maximum Gasteiger partial charge on any atom is 0.168 e. The van der Waals surface area contributed by atoms with Gasteiger partial charge in [-0.05, 0) is 24.6 Å². The predicted octanol–water partition coefficient (Wildman–Crippen LogP) is 1.57. The molecule has 0 saturated heterocycles. The summed E-state index contributed by atoms with van der Waals surface area (Å²) >= 11 is 6.21. The average molecular weight is 348 g/mol. The van der Waals surface area contributed by atoms with E-state index in [0.29, 0.717) is 29.6 Å². The third-order valence-electron chi connectivity index (χ3n) is 3.78. The van der Waals surface area contributed by atoms with Gasteiger partial charge in [0.05, 0.1) is 30.5 Å². The Hall–Kier alpha value is -2.22. The molecule has 3 rings (SSSR count). The van der Waals surface area contributed by atoms with Crippen LogP contribution >= 0.6 is 11.6 Å². The molecule has 0 aliphatic carbocycles. The molecule has 7 nitrogen and oxygen atoms in total. The van der Waals surface area contributed by atoms with Gasteiger partial charge in [0.1, 0.15) is 12.1 Å². The zero-order valence-electron chi connectivity index (χ0n) is 13.2. The second kappa shape index (κ2) is 7.12. The van der Waals surface area contributed by atoms with Crippen molar-refractivity contribution in [2.45, 2.75) is 6.92 Å². The number of hydrogen-bond acceptors (Lipinski definition) is 6. The van der Waals surface area contributed by atoms with Gasteiger partial charge in [0.15, 0.2) is 5.65 Å². The molecule has 2 heterocycles. The lowest BCUT2D eigenvalue weighted by Crippen LogP contribution is -2.30. The fourth-order valence-corrected chi connectivity index (χ4v) is 2.73. The fourth-order valence-electron chi connectivity index (χ4n) is 2.55. The zero-order valence-corrected chi connectivity index (χ0v) is 14.0. The van der Waals surface area contributed by atoms with Gasteiger partial charge >= 0.3 is 0 Å². The smallest absolute Gasteiger partial charge is 0.168 e. The summed E-state index contributed by atoms with van der Waals surface area (Å²) in [5.74, 6) is 0.632. The molecule has 0 unspecified atom stereocenters. The molecule has 0 atom stereocenters.